The molecule has 0 bridgehead atoms. The number of ether oxygens (including phenoxy) is 1. The van der Waals surface area contributed by atoms with Crippen LogP contribution in [0.15, 0.2) is 0 Å². The zero-order valence-electron chi connectivity index (χ0n) is 12.1. The van der Waals surface area contributed by atoms with E-state index in [4.69, 9.17) is 10.6 Å². The number of nitrogens with zero attached hydrogens (tertiary/aromatic N) is 1. The number of hydrazine groups is 1. The minimum absolute atomic E-state index is 0.130. The minimum atomic E-state index is -0.451. The van der Waals surface area contributed by atoms with Crippen LogP contribution in [0.25, 0.3) is 0 Å². The molecule has 0 aromatic heterocycles. The molecule has 6 heteroatoms. The van der Waals surface area contributed by atoms with E-state index in [-0.39, 0.29) is 12.0 Å². The molecule has 1 heterocycles. The van der Waals surface area contributed by atoms with Crippen LogP contribution in [0.5, 0.6) is 0 Å². The Bertz CT molecular complexity index is 318. The third-order valence-electron chi connectivity index (χ3n) is 3.21. The highest BCUT2D eigenvalue weighted by atomic mass is 16.6. The molecule has 3 N–H and O–H groups in total. The summed E-state index contributed by atoms with van der Waals surface area (Å²) in [4.78, 5) is 24.7. The highest BCUT2D eigenvalue weighted by Gasteiger charge is 2.26. The lowest BCUT2D eigenvalue weighted by Crippen LogP contribution is -2.42. The van der Waals surface area contributed by atoms with Gasteiger partial charge in [-0.2, -0.15) is 0 Å². The van der Waals surface area contributed by atoms with Gasteiger partial charge in [0.1, 0.15) is 5.60 Å². The molecule has 110 valence electrons. The molecular formula is C13H25N3O3. The van der Waals surface area contributed by atoms with E-state index < -0.39 is 5.60 Å². The minimum Gasteiger partial charge on any atom is -0.444 e. The lowest BCUT2D eigenvalue weighted by Gasteiger charge is -2.33. The van der Waals surface area contributed by atoms with E-state index in [0.717, 1.165) is 19.3 Å². The Morgan fingerprint density at radius 1 is 1.32 bits per heavy atom. The second kappa shape index (κ2) is 6.75. The molecule has 0 atom stereocenters. The summed E-state index contributed by atoms with van der Waals surface area (Å²) in [7, 11) is 0. The second-order valence-corrected chi connectivity index (χ2v) is 6.02. The molecule has 1 rings (SSSR count). The molecule has 0 aromatic carbocycles. The maximum absolute atomic E-state index is 11.9. The fraction of sp³-hybridized carbons (Fsp3) is 0.846. The van der Waals surface area contributed by atoms with Gasteiger partial charge >= 0.3 is 6.09 Å². The maximum atomic E-state index is 11.9. The Morgan fingerprint density at radius 2 is 1.89 bits per heavy atom. The highest BCUT2D eigenvalue weighted by Crippen LogP contribution is 2.23. The van der Waals surface area contributed by atoms with Gasteiger partial charge in [-0.25, -0.2) is 10.6 Å². The number of piperidine rings is 1. The van der Waals surface area contributed by atoms with E-state index in [1.807, 2.05) is 20.8 Å². The number of hydrogen-bond donors (Lipinski definition) is 2. The summed E-state index contributed by atoms with van der Waals surface area (Å²) in [5.74, 6) is 5.39. The molecular weight excluding hydrogens is 246 g/mol. The van der Waals surface area contributed by atoms with Crippen LogP contribution in [0.1, 0.15) is 46.5 Å². The van der Waals surface area contributed by atoms with Crippen molar-refractivity contribution in [2.24, 2.45) is 11.8 Å². The molecule has 1 aliphatic heterocycles. The molecule has 0 spiro atoms. The average Bonchev–Trinajstić information content (AvgIpc) is 2.34. The predicted molar refractivity (Wildman–Crippen MR) is 72.1 cm³/mol. The van der Waals surface area contributed by atoms with E-state index >= 15 is 0 Å². The molecule has 0 unspecified atom stereocenters. The van der Waals surface area contributed by atoms with Crippen molar-refractivity contribution in [3.63, 3.8) is 0 Å². The quantitative estimate of drug-likeness (QED) is 0.461. The number of nitrogens with one attached hydrogen (secondary N) is 1. The zero-order chi connectivity index (χ0) is 14.5. The smallest absolute Gasteiger partial charge is 0.410 e. The van der Waals surface area contributed by atoms with Gasteiger partial charge in [-0.05, 0) is 46.0 Å². The monoisotopic (exact) mass is 271 g/mol. The first-order chi connectivity index (χ1) is 8.81. The molecule has 2 amide bonds. The van der Waals surface area contributed by atoms with Crippen molar-refractivity contribution >= 4 is 12.0 Å². The van der Waals surface area contributed by atoms with Gasteiger partial charge in [-0.3, -0.25) is 10.2 Å². The first-order valence-corrected chi connectivity index (χ1v) is 6.79. The van der Waals surface area contributed by atoms with Crippen LogP contribution in [0.4, 0.5) is 4.79 Å². The maximum Gasteiger partial charge on any atom is 0.410 e. The van der Waals surface area contributed by atoms with Crippen LogP contribution in [0, 0.1) is 5.92 Å². The SMILES string of the molecule is CC(C)(C)OC(=O)N1CCC(CCC(=O)NN)CC1. The number of hydrogen-bond acceptors (Lipinski definition) is 4. The Labute approximate surface area is 114 Å². The van der Waals surface area contributed by atoms with Gasteiger partial charge in [-0.1, -0.05) is 0 Å². The largest absolute Gasteiger partial charge is 0.444 e. The second-order valence-electron chi connectivity index (χ2n) is 6.02. The Morgan fingerprint density at radius 3 is 2.37 bits per heavy atom. The highest BCUT2D eigenvalue weighted by molar-refractivity contribution is 5.75. The molecule has 1 fully saturated rings. The molecule has 19 heavy (non-hydrogen) atoms. The number of carbonyl (C=O) groups excluding carboxylic acids is 2. The number of likely N-dealkylation sites (tertiary alicyclic amines) is 1. The predicted octanol–water partition coefficient (Wildman–Crippen LogP) is 1.40. The Balaban J connectivity index is 2.29. The van der Waals surface area contributed by atoms with Gasteiger partial charge in [0.05, 0.1) is 0 Å². The number of carbonyl (C=O) groups is 2. The van der Waals surface area contributed by atoms with Gasteiger partial charge in [0, 0.05) is 19.5 Å². The van der Waals surface area contributed by atoms with E-state index in [2.05, 4.69) is 5.43 Å². The summed E-state index contributed by atoms with van der Waals surface area (Å²) in [6.45, 7) is 6.99. The van der Waals surface area contributed by atoms with Crippen molar-refractivity contribution in [1.82, 2.24) is 10.3 Å². The van der Waals surface area contributed by atoms with E-state index in [1.54, 1.807) is 4.90 Å². The van der Waals surface area contributed by atoms with Gasteiger partial charge in [0.15, 0.2) is 0 Å². The lowest BCUT2D eigenvalue weighted by molar-refractivity contribution is -0.121. The van der Waals surface area contributed by atoms with Crippen molar-refractivity contribution in [3.05, 3.63) is 0 Å². The van der Waals surface area contributed by atoms with Gasteiger partial charge in [0.2, 0.25) is 5.91 Å². The molecule has 0 aromatic rings. The molecule has 0 saturated carbocycles. The van der Waals surface area contributed by atoms with Crippen LogP contribution in [0.2, 0.25) is 0 Å². The fourth-order valence-electron chi connectivity index (χ4n) is 2.14. The topological polar surface area (TPSA) is 84.7 Å². The van der Waals surface area contributed by atoms with Crippen LogP contribution >= 0.6 is 0 Å². The van der Waals surface area contributed by atoms with Crippen molar-refractivity contribution in [2.75, 3.05) is 13.1 Å². The molecule has 1 saturated heterocycles. The van der Waals surface area contributed by atoms with Crippen LogP contribution in [-0.4, -0.2) is 35.6 Å². The van der Waals surface area contributed by atoms with Crippen molar-refractivity contribution < 1.29 is 14.3 Å². The normalized spacial score (nSPS) is 17.2. The van der Waals surface area contributed by atoms with Gasteiger partial charge in [-0.15, -0.1) is 0 Å². The summed E-state index contributed by atoms with van der Waals surface area (Å²) in [6.07, 6.45) is 2.86. The van der Waals surface area contributed by atoms with E-state index in [9.17, 15) is 9.59 Å². The van der Waals surface area contributed by atoms with Crippen LogP contribution < -0.4 is 11.3 Å². The average molecular weight is 271 g/mol. The van der Waals surface area contributed by atoms with Crippen molar-refractivity contribution in [2.45, 2.75) is 52.1 Å². The third-order valence-corrected chi connectivity index (χ3v) is 3.21. The summed E-state index contributed by atoms with van der Waals surface area (Å²) in [6, 6.07) is 0. The van der Waals surface area contributed by atoms with Crippen molar-refractivity contribution in [3.8, 4) is 0 Å². The Kier molecular flexibility index (Phi) is 5.60. The summed E-state index contributed by atoms with van der Waals surface area (Å²) in [5, 5.41) is 0. The Hall–Kier alpha value is -1.30. The summed E-state index contributed by atoms with van der Waals surface area (Å²) >= 11 is 0. The van der Waals surface area contributed by atoms with Gasteiger partial charge < -0.3 is 9.64 Å². The lowest BCUT2D eigenvalue weighted by atomic mass is 9.92. The van der Waals surface area contributed by atoms with Crippen molar-refractivity contribution in [1.29, 1.82) is 0 Å². The molecule has 0 radical (unpaired) electrons. The molecule has 6 nitrogen and oxygen atoms in total. The standard InChI is InChI=1S/C13H25N3O3/c1-13(2,3)19-12(18)16-8-6-10(7-9-16)4-5-11(17)15-14/h10H,4-9,14H2,1-3H3,(H,15,17). The fourth-order valence-corrected chi connectivity index (χ4v) is 2.14. The zero-order valence-corrected chi connectivity index (χ0v) is 12.1. The number of nitrogens with two attached hydrogens (primary N) is 1. The van der Waals surface area contributed by atoms with E-state index in [1.165, 1.54) is 0 Å². The number of rotatable bonds is 3. The number of amides is 2. The van der Waals surface area contributed by atoms with Gasteiger partial charge in [0.25, 0.3) is 0 Å². The third kappa shape index (κ3) is 5.92. The molecule has 0 aliphatic carbocycles. The van der Waals surface area contributed by atoms with Crippen LogP contribution in [0.3, 0.4) is 0 Å². The summed E-state index contributed by atoms with van der Waals surface area (Å²) in [5.41, 5.74) is 1.68. The first kappa shape index (κ1) is 15.8. The van der Waals surface area contributed by atoms with E-state index in [0.29, 0.717) is 25.4 Å². The first-order valence-electron chi connectivity index (χ1n) is 6.79. The summed E-state index contributed by atoms with van der Waals surface area (Å²) < 4.78 is 5.33. The molecule has 1 aliphatic rings. The van der Waals surface area contributed by atoms with Crippen LogP contribution in [-0.2, 0) is 9.53 Å².